The summed E-state index contributed by atoms with van der Waals surface area (Å²) in [7, 11) is 3.25. The average Bonchev–Trinajstić information content (AvgIpc) is 2.93. The van der Waals surface area contributed by atoms with Gasteiger partial charge in [0, 0.05) is 32.7 Å². The highest BCUT2D eigenvalue weighted by Crippen LogP contribution is 2.30. The van der Waals surface area contributed by atoms with Crippen molar-refractivity contribution in [2.75, 3.05) is 65.0 Å². The zero-order valence-electron chi connectivity index (χ0n) is 21.2. The minimum Gasteiger partial charge on any atom is -0.495 e. The molecule has 0 unspecified atom stereocenters. The van der Waals surface area contributed by atoms with Crippen LogP contribution in [0.4, 0.5) is 5.69 Å². The van der Waals surface area contributed by atoms with E-state index in [-0.39, 0.29) is 12.1 Å². The SMILES string of the molecule is COc1ccc(/C=C(\C#N)C(=O)NCC(N)=O)cc1OCCCN1CCN(c2ccccc2OC)CC1. The molecule has 3 N–H and O–H groups in total. The molecule has 0 aromatic heterocycles. The largest absolute Gasteiger partial charge is 0.495 e. The summed E-state index contributed by atoms with van der Waals surface area (Å²) in [6.45, 7) is 4.81. The lowest BCUT2D eigenvalue weighted by Gasteiger charge is -2.36. The van der Waals surface area contributed by atoms with E-state index >= 15 is 0 Å². The van der Waals surface area contributed by atoms with Crippen molar-refractivity contribution in [1.82, 2.24) is 10.2 Å². The molecule has 0 radical (unpaired) electrons. The second kappa shape index (κ2) is 13.8. The fraction of sp³-hybridized carbons (Fsp3) is 0.370. The monoisotopic (exact) mass is 507 g/mol. The molecule has 0 aliphatic carbocycles. The number of hydrogen-bond acceptors (Lipinski definition) is 8. The van der Waals surface area contributed by atoms with Gasteiger partial charge in [0.05, 0.1) is 33.1 Å². The lowest BCUT2D eigenvalue weighted by Crippen LogP contribution is -2.46. The highest BCUT2D eigenvalue weighted by Gasteiger charge is 2.19. The number of para-hydroxylation sites is 2. The smallest absolute Gasteiger partial charge is 0.262 e. The van der Waals surface area contributed by atoms with Crippen molar-refractivity contribution in [3.05, 3.63) is 53.6 Å². The molecule has 0 bridgehead atoms. The summed E-state index contributed by atoms with van der Waals surface area (Å²) < 4.78 is 16.9. The predicted octanol–water partition coefficient (Wildman–Crippen LogP) is 1.80. The Labute approximate surface area is 217 Å². The van der Waals surface area contributed by atoms with Crippen LogP contribution in [0.5, 0.6) is 17.2 Å². The lowest BCUT2D eigenvalue weighted by molar-refractivity contribution is -0.122. The van der Waals surface area contributed by atoms with Gasteiger partial charge in [0.25, 0.3) is 5.91 Å². The molecule has 0 atom stereocenters. The number of hydrogen-bond donors (Lipinski definition) is 2. The van der Waals surface area contributed by atoms with E-state index in [1.54, 1.807) is 32.4 Å². The Hall–Kier alpha value is -4.23. The number of ether oxygens (including phenoxy) is 3. The number of nitrogens with two attached hydrogens (primary N) is 1. The van der Waals surface area contributed by atoms with Gasteiger partial charge in [0.2, 0.25) is 5.91 Å². The summed E-state index contributed by atoms with van der Waals surface area (Å²) in [5.74, 6) is 0.601. The zero-order chi connectivity index (χ0) is 26.6. The molecule has 37 heavy (non-hydrogen) atoms. The van der Waals surface area contributed by atoms with E-state index in [4.69, 9.17) is 19.9 Å². The van der Waals surface area contributed by atoms with Crippen LogP contribution in [0.15, 0.2) is 48.0 Å². The molecule has 3 rings (SSSR count). The number of carbonyl (C=O) groups is 2. The third-order valence-corrected chi connectivity index (χ3v) is 5.96. The van der Waals surface area contributed by atoms with Crippen molar-refractivity contribution in [1.29, 1.82) is 5.26 Å². The summed E-state index contributed by atoms with van der Waals surface area (Å²) in [6.07, 6.45) is 2.25. The molecule has 1 aliphatic rings. The van der Waals surface area contributed by atoms with Crippen molar-refractivity contribution in [3.8, 4) is 23.3 Å². The van der Waals surface area contributed by atoms with Gasteiger partial charge in [0.15, 0.2) is 11.5 Å². The highest BCUT2D eigenvalue weighted by molar-refractivity contribution is 6.02. The number of rotatable bonds is 12. The van der Waals surface area contributed by atoms with Crippen LogP contribution in [0.2, 0.25) is 0 Å². The van der Waals surface area contributed by atoms with E-state index in [0.29, 0.717) is 23.7 Å². The average molecular weight is 508 g/mol. The maximum atomic E-state index is 12.1. The van der Waals surface area contributed by atoms with Gasteiger partial charge in [-0.1, -0.05) is 18.2 Å². The van der Waals surface area contributed by atoms with Crippen LogP contribution >= 0.6 is 0 Å². The molecule has 196 valence electrons. The van der Waals surface area contributed by atoms with Crippen LogP contribution in [0.3, 0.4) is 0 Å². The molecule has 2 aromatic carbocycles. The first kappa shape index (κ1) is 27.4. The van der Waals surface area contributed by atoms with E-state index < -0.39 is 11.8 Å². The minimum atomic E-state index is -0.691. The van der Waals surface area contributed by atoms with Crippen molar-refractivity contribution in [2.45, 2.75) is 6.42 Å². The fourth-order valence-corrected chi connectivity index (χ4v) is 4.05. The van der Waals surface area contributed by atoms with Crippen molar-refractivity contribution >= 4 is 23.6 Å². The Balaban J connectivity index is 1.51. The number of nitriles is 1. The molecule has 2 aromatic rings. The second-order valence-corrected chi connectivity index (χ2v) is 8.43. The third-order valence-electron chi connectivity index (χ3n) is 5.96. The van der Waals surface area contributed by atoms with Crippen molar-refractivity contribution < 1.29 is 23.8 Å². The highest BCUT2D eigenvalue weighted by atomic mass is 16.5. The van der Waals surface area contributed by atoms with Gasteiger partial charge in [-0.25, -0.2) is 0 Å². The molecule has 0 saturated carbocycles. The van der Waals surface area contributed by atoms with Gasteiger partial charge in [-0.3, -0.25) is 14.5 Å². The van der Waals surface area contributed by atoms with E-state index in [9.17, 15) is 14.9 Å². The first-order valence-electron chi connectivity index (χ1n) is 12.0. The summed E-state index contributed by atoms with van der Waals surface area (Å²) in [4.78, 5) is 27.7. The third kappa shape index (κ3) is 7.88. The number of benzene rings is 2. The van der Waals surface area contributed by atoms with Crippen molar-refractivity contribution in [2.24, 2.45) is 5.73 Å². The van der Waals surface area contributed by atoms with Gasteiger partial charge in [-0.2, -0.15) is 5.26 Å². The predicted molar refractivity (Wildman–Crippen MR) is 141 cm³/mol. The Morgan fingerprint density at radius 3 is 2.46 bits per heavy atom. The number of anilines is 1. The number of piperazine rings is 1. The van der Waals surface area contributed by atoms with Gasteiger partial charge in [-0.15, -0.1) is 0 Å². The number of methoxy groups -OCH3 is 2. The molecule has 2 amide bonds. The van der Waals surface area contributed by atoms with Crippen LogP contribution < -0.4 is 30.2 Å². The zero-order valence-corrected chi connectivity index (χ0v) is 21.2. The van der Waals surface area contributed by atoms with Gasteiger partial charge < -0.3 is 30.2 Å². The van der Waals surface area contributed by atoms with Crippen LogP contribution in [0, 0.1) is 11.3 Å². The van der Waals surface area contributed by atoms with E-state index in [2.05, 4.69) is 21.2 Å². The summed E-state index contributed by atoms with van der Waals surface area (Å²) in [5, 5.41) is 11.6. The fourth-order valence-electron chi connectivity index (χ4n) is 4.05. The number of nitrogens with one attached hydrogen (secondary N) is 1. The quantitative estimate of drug-likeness (QED) is 0.253. The Bertz CT molecular complexity index is 1150. The van der Waals surface area contributed by atoms with Crippen molar-refractivity contribution in [3.63, 3.8) is 0 Å². The Morgan fingerprint density at radius 1 is 1.05 bits per heavy atom. The number of amides is 2. The van der Waals surface area contributed by atoms with Crippen LogP contribution in [-0.4, -0.2) is 76.8 Å². The molecule has 1 saturated heterocycles. The lowest BCUT2D eigenvalue weighted by atomic mass is 10.1. The molecule has 0 spiro atoms. The summed E-state index contributed by atoms with van der Waals surface area (Å²) in [6, 6.07) is 15.1. The van der Waals surface area contributed by atoms with Crippen LogP contribution in [-0.2, 0) is 9.59 Å². The summed E-state index contributed by atoms with van der Waals surface area (Å²) in [5.41, 5.74) is 6.60. The maximum Gasteiger partial charge on any atom is 0.262 e. The van der Waals surface area contributed by atoms with Crippen LogP contribution in [0.1, 0.15) is 12.0 Å². The van der Waals surface area contributed by atoms with Gasteiger partial charge >= 0.3 is 0 Å². The standard InChI is InChI=1S/C27H33N5O5/c1-35-23-7-4-3-6-22(23)32-13-11-31(12-14-32)10-5-15-37-25-17-20(8-9-24(25)36-2)16-21(18-28)27(34)30-19-26(29)33/h3-4,6-9,16-17H,5,10-15,19H2,1-2H3,(H2,29,33)(H,30,34)/b21-16+. The summed E-state index contributed by atoms with van der Waals surface area (Å²) >= 11 is 0. The van der Waals surface area contributed by atoms with E-state index in [1.807, 2.05) is 24.3 Å². The molecule has 1 aliphatic heterocycles. The first-order chi connectivity index (χ1) is 17.9. The molecule has 1 fully saturated rings. The van der Waals surface area contributed by atoms with E-state index in [1.165, 1.54) is 6.08 Å². The first-order valence-corrected chi connectivity index (χ1v) is 12.0. The maximum absolute atomic E-state index is 12.1. The molecule has 1 heterocycles. The Morgan fingerprint density at radius 2 is 1.78 bits per heavy atom. The molecular formula is C27H33N5O5. The number of carbonyl (C=O) groups excluding carboxylic acids is 2. The minimum absolute atomic E-state index is 0.148. The van der Waals surface area contributed by atoms with Gasteiger partial charge in [-0.05, 0) is 42.3 Å². The topological polar surface area (TPSA) is 130 Å². The number of nitrogens with zero attached hydrogens (tertiary/aromatic N) is 3. The van der Waals surface area contributed by atoms with E-state index in [0.717, 1.165) is 50.6 Å². The Kier molecular flexibility index (Phi) is 10.2. The second-order valence-electron chi connectivity index (χ2n) is 8.43. The molecule has 10 nitrogen and oxygen atoms in total. The normalized spacial score (nSPS) is 14.0. The molecule has 10 heteroatoms. The number of primary amides is 1. The molecular weight excluding hydrogens is 474 g/mol. The van der Waals surface area contributed by atoms with Gasteiger partial charge in [0.1, 0.15) is 17.4 Å². The van der Waals surface area contributed by atoms with Crippen LogP contribution in [0.25, 0.3) is 6.08 Å².